The lowest BCUT2D eigenvalue weighted by Gasteiger charge is -2.44. The highest BCUT2D eigenvalue weighted by Crippen LogP contribution is 2.34. The number of hydrogen-bond acceptors (Lipinski definition) is 3. The molecular weight excluding hydrogens is 248 g/mol. The highest BCUT2D eigenvalue weighted by Gasteiger charge is 2.33. The van der Waals surface area contributed by atoms with E-state index in [-0.39, 0.29) is 18.7 Å². The molecule has 0 radical (unpaired) electrons. The van der Waals surface area contributed by atoms with Crippen molar-refractivity contribution >= 4 is 0 Å². The molecule has 3 N–H and O–H groups in total. The highest BCUT2D eigenvalue weighted by atomic mass is 16.3. The molecule has 0 heterocycles. The molecule has 2 atom stereocenters. The van der Waals surface area contributed by atoms with E-state index in [4.69, 9.17) is 5.73 Å². The van der Waals surface area contributed by atoms with Crippen LogP contribution in [0.4, 0.5) is 0 Å². The quantitative estimate of drug-likeness (QED) is 0.805. The summed E-state index contributed by atoms with van der Waals surface area (Å²) in [6, 6.07) is 9.62. The molecule has 3 nitrogen and oxygen atoms in total. The Labute approximate surface area is 122 Å². The van der Waals surface area contributed by atoms with Crippen LogP contribution in [0.25, 0.3) is 0 Å². The van der Waals surface area contributed by atoms with Crippen molar-refractivity contribution in [3.8, 4) is 0 Å². The SMILES string of the molecule is CCC(N)C(c1ccc(C)cc1)N(CCO)C1CCC1. The monoisotopic (exact) mass is 276 g/mol. The Morgan fingerprint density at radius 3 is 2.40 bits per heavy atom. The van der Waals surface area contributed by atoms with Gasteiger partial charge in [-0.2, -0.15) is 0 Å². The zero-order valence-electron chi connectivity index (χ0n) is 12.8. The van der Waals surface area contributed by atoms with Crippen molar-refractivity contribution in [2.45, 2.75) is 57.7 Å². The molecule has 0 saturated heterocycles. The summed E-state index contributed by atoms with van der Waals surface area (Å²) >= 11 is 0. The smallest absolute Gasteiger partial charge is 0.0558 e. The summed E-state index contributed by atoms with van der Waals surface area (Å²) in [5.74, 6) is 0. The van der Waals surface area contributed by atoms with Crippen LogP contribution in [0.1, 0.15) is 49.8 Å². The maximum Gasteiger partial charge on any atom is 0.0558 e. The van der Waals surface area contributed by atoms with E-state index in [1.54, 1.807) is 0 Å². The topological polar surface area (TPSA) is 49.5 Å². The van der Waals surface area contributed by atoms with Crippen LogP contribution < -0.4 is 5.73 Å². The molecule has 0 aliphatic heterocycles. The molecule has 1 aliphatic rings. The molecule has 0 aromatic heterocycles. The lowest BCUT2D eigenvalue weighted by atomic mass is 9.86. The van der Waals surface area contributed by atoms with Crippen LogP contribution in [0.3, 0.4) is 0 Å². The van der Waals surface area contributed by atoms with Gasteiger partial charge in [-0.25, -0.2) is 0 Å². The molecule has 2 unspecified atom stereocenters. The van der Waals surface area contributed by atoms with E-state index >= 15 is 0 Å². The van der Waals surface area contributed by atoms with E-state index in [9.17, 15) is 5.11 Å². The third-order valence-electron chi connectivity index (χ3n) is 4.56. The molecule has 0 amide bonds. The molecule has 2 rings (SSSR count). The number of aryl methyl sites for hydroxylation is 1. The van der Waals surface area contributed by atoms with Crippen LogP contribution >= 0.6 is 0 Å². The van der Waals surface area contributed by atoms with E-state index in [2.05, 4.69) is 43.0 Å². The van der Waals surface area contributed by atoms with Gasteiger partial charge in [-0.3, -0.25) is 4.90 Å². The average molecular weight is 276 g/mol. The summed E-state index contributed by atoms with van der Waals surface area (Å²) in [5.41, 5.74) is 8.97. The zero-order chi connectivity index (χ0) is 14.5. The predicted octanol–water partition coefficient (Wildman–Crippen LogP) is 2.62. The lowest BCUT2D eigenvalue weighted by molar-refractivity contribution is 0.0473. The molecule has 3 heteroatoms. The van der Waals surface area contributed by atoms with Gasteiger partial charge in [-0.05, 0) is 31.7 Å². The minimum atomic E-state index is 0.116. The lowest BCUT2D eigenvalue weighted by Crippen LogP contribution is -2.49. The van der Waals surface area contributed by atoms with Crippen LogP contribution in [-0.4, -0.2) is 35.2 Å². The van der Waals surface area contributed by atoms with Crippen LogP contribution in [0.5, 0.6) is 0 Å². The number of nitrogens with two attached hydrogens (primary N) is 1. The van der Waals surface area contributed by atoms with Crippen molar-refractivity contribution in [3.05, 3.63) is 35.4 Å². The van der Waals surface area contributed by atoms with Gasteiger partial charge in [0.05, 0.1) is 12.6 Å². The first kappa shape index (κ1) is 15.5. The fourth-order valence-corrected chi connectivity index (χ4v) is 3.05. The second-order valence-corrected chi connectivity index (χ2v) is 5.97. The predicted molar refractivity (Wildman–Crippen MR) is 83.6 cm³/mol. The number of hydrogen-bond donors (Lipinski definition) is 2. The summed E-state index contributed by atoms with van der Waals surface area (Å²) in [4.78, 5) is 2.43. The highest BCUT2D eigenvalue weighted by molar-refractivity contribution is 5.25. The minimum Gasteiger partial charge on any atom is -0.395 e. The van der Waals surface area contributed by atoms with E-state index < -0.39 is 0 Å². The van der Waals surface area contributed by atoms with Gasteiger partial charge in [0.1, 0.15) is 0 Å². The van der Waals surface area contributed by atoms with Crippen LogP contribution in [0, 0.1) is 6.92 Å². The van der Waals surface area contributed by atoms with E-state index in [0.29, 0.717) is 6.04 Å². The van der Waals surface area contributed by atoms with Crippen molar-refractivity contribution in [1.82, 2.24) is 4.90 Å². The normalized spacial score (nSPS) is 18.9. The van der Waals surface area contributed by atoms with Gasteiger partial charge >= 0.3 is 0 Å². The van der Waals surface area contributed by atoms with Crippen molar-refractivity contribution in [2.75, 3.05) is 13.2 Å². The number of benzene rings is 1. The number of aliphatic hydroxyl groups is 1. The first-order valence-electron chi connectivity index (χ1n) is 7.86. The van der Waals surface area contributed by atoms with Crippen LogP contribution in [0.15, 0.2) is 24.3 Å². The number of rotatable bonds is 7. The summed E-state index contributed by atoms with van der Waals surface area (Å²) in [5, 5.41) is 9.42. The minimum absolute atomic E-state index is 0.116. The maximum atomic E-state index is 9.42. The molecule has 1 aromatic carbocycles. The fraction of sp³-hybridized carbons (Fsp3) is 0.647. The third-order valence-corrected chi connectivity index (χ3v) is 4.56. The van der Waals surface area contributed by atoms with E-state index in [0.717, 1.165) is 13.0 Å². The molecule has 1 saturated carbocycles. The van der Waals surface area contributed by atoms with Crippen LogP contribution in [-0.2, 0) is 0 Å². The summed E-state index contributed by atoms with van der Waals surface area (Å²) in [6.07, 6.45) is 4.72. The Balaban J connectivity index is 2.26. The second kappa shape index (κ2) is 7.21. The molecule has 1 fully saturated rings. The van der Waals surface area contributed by atoms with Gasteiger partial charge in [0, 0.05) is 18.6 Å². The van der Waals surface area contributed by atoms with Gasteiger partial charge < -0.3 is 10.8 Å². The third kappa shape index (κ3) is 3.40. The van der Waals surface area contributed by atoms with Crippen molar-refractivity contribution in [2.24, 2.45) is 5.73 Å². The Bertz CT molecular complexity index is 400. The maximum absolute atomic E-state index is 9.42. The van der Waals surface area contributed by atoms with Gasteiger partial charge in [0.25, 0.3) is 0 Å². The first-order chi connectivity index (χ1) is 9.67. The number of aliphatic hydroxyl groups excluding tert-OH is 1. The molecule has 20 heavy (non-hydrogen) atoms. The van der Waals surface area contributed by atoms with Gasteiger partial charge in [-0.15, -0.1) is 0 Å². The van der Waals surface area contributed by atoms with E-state index in [1.807, 2.05) is 0 Å². The molecule has 1 aliphatic carbocycles. The standard InChI is InChI=1S/C17H28N2O/c1-3-16(18)17(14-9-7-13(2)8-10-14)19(11-12-20)15-5-4-6-15/h7-10,15-17,20H,3-6,11-12,18H2,1-2H3. The van der Waals surface area contributed by atoms with Gasteiger partial charge in [0.2, 0.25) is 0 Å². The van der Waals surface area contributed by atoms with Crippen molar-refractivity contribution in [3.63, 3.8) is 0 Å². The first-order valence-corrected chi connectivity index (χ1v) is 7.86. The molecule has 1 aromatic rings. The molecule has 0 bridgehead atoms. The van der Waals surface area contributed by atoms with Gasteiger partial charge in [0.15, 0.2) is 0 Å². The summed E-state index contributed by atoms with van der Waals surface area (Å²) in [6.45, 7) is 5.17. The largest absolute Gasteiger partial charge is 0.395 e. The average Bonchev–Trinajstić information content (AvgIpc) is 2.39. The molecule has 0 spiro atoms. The Morgan fingerprint density at radius 1 is 1.30 bits per heavy atom. The van der Waals surface area contributed by atoms with Crippen LogP contribution in [0.2, 0.25) is 0 Å². The molecule has 112 valence electrons. The summed E-state index contributed by atoms with van der Waals surface area (Å²) in [7, 11) is 0. The molecular formula is C17H28N2O. The zero-order valence-corrected chi connectivity index (χ0v) is 12.8. The van der Waals surface area contributed by atoms with Gasteiger partial charge in [-0.1, -0.05) is 43.2 Å². The Kier molecular flexibility index (Phi) is 5.58. The second-order valence-electron chi connectivity index (χ2n) is 5.97. The fourth-order valence-electron chi connectivity index (χ4n) is 3.05. The summed E-state index contributed by atoms with van der Waals surface area (Å²) < 4.78 is 0. The Morgan fingerprint density at radius 2 is 1.95 bits per heavy atom. The number of nitrogens with zero attached hydrogens (tertiary/aromatic N) is 1. The Hall–Kier alpha value is -0.900. The van der Waals surface area contributed by atoms with Crippen molar-refractivity contribution in [1.29, 1.82) is 0 Å². The van der Waals surface area contributed by atoms with Crippen molar-refractivity contribution < 1.29 is 5.11 Å². The van der Waals surface area contributed by atoms with E-state index in [1.165, 1.54) is 30.4 Å².